The summed E-state index contributed by atoms with van der Waals surface area (Å²) in [7, 11) is 3.45. The van der Waals surface area contributed by atoms with Crippen LogP contribution in [0.3, 0.4) is 0 Å². The van der Waals surface area contributed by atoms with Crippen molar-refractivity contribution < 1.29 is 14.3 Å². The van der Waals surface area contributed by atoms with E-state index in [1.165, 1.54) is 17.4 Å². The molecule has 25 heavy (non-hydrogen) atoms. The number of hydrogen-bond acceptors (Lipinski definition) is 3. The number of benzene rings is 1. The highest BCUT2D eigenvalue weighted by atomic mass is 16.5. The van der Waals surface area contributed by atoms with Gasteiger partial charge in [-0.15, -0.1) is 0 Å². The summed E-state index contributed by atoms with van der Waals surface area (Å²) < 4.78 is 5.55. The molecule has 134 valence electrons. The van der Waals surface area contributed by atoms with Gasteiger partial charge in [0.1, 0.15) is 0 Å². The Labute approximate surface area is 149 Å². The van der Waals surface area contributed by atoms with Crippen LogP contribution in [-0.4, -0.2) is 49.1 Å². The summed E-state index contributed by atoms with van der Waals surface area (Å²) in [5, 5.41) is 0. The maximum atomic E-state index is 13.1. The fourth-order valence-corrected chi connectivity index (χ4v) is 3.97. The van der Waals surface area contributed by atoms with Gasteiger partial charge in [-0.1, -0.05) is 6.58 Å². The lowest BCUT2D eigenvalue weighted by Gasteiger charge is -2.54. The molecule has 5 nitrogen and oxygen atoms in total. The molecule has 0 radical (unpaired) electrons. The maximum Gasteiger partial charge on any atom is 0.254 e. The van der Waals surface area contributed by atoms with Crippen LogP contribution < -0.4 is 4.90 Å². The number of anilines is 1. The SMILES string of the molecule is C=CC(=O)N(C)c1ccc(C(=O)N2CCC(OC)CC23CCC3)cc1. The van der Waals surface area contributed by atoms with Gasteiger partial charge in [-0.05, 0) is 62.4 Å². The summed E-state index contributed by atoms with van der Waals surface area (Å²) in [5.74, 6) is -0.0901. The Morgan fingerprint density at radius 1 is 1.32 bits per heavy atom. The average molecular weight is 342 g/mol. The highest BCUT2D eigenvalue weighted by molar-refractivity contribution is 6.01. The Morgan fingerprint density at radius 2 is 2.00 bits per heavy atom. The monoisotopic (exact) mass is 342 g/mol. The number of hydrogen-bond donors (Lipinski definition) is 0. The number of rotatable bonds is 4. The lowest BCUT2D eigenvalue weighted by atomic mass is 9.69. The molecule has 1 aromatic carbocycles. The van der Waals surface area contributed by atoms with Crippen molar-refractivity contribution in [3.05, 3.63) is 42.5 Å². The molecule has 1 aromatic rings. The van der Waals surface area contributed by atoms with Crippen molar-refractivity contribution >= 4 is 17.5 Å². The van der Waals surface area contributed by atoms with Gasteiger partial charge in [-0.2, -0.15) is 0 Å². The van der Waals surface area contributed by atoms with Crippen molar-refractivity contribution in [3.8, 4) is 0 Å². The van der Waals surface area contributed by atoms with Crippen LogP contribution in [0.4, 0.5) is 5.69 Å². The first-order chi connectivity index (χ1) is 12.0. The van der Waals surface area contributed by atoms with Gasteiger partial charge in [0, 0.05) is 37.5 Å². The normalized spacial score (nSPS) is 21.5. The number of piperidine rings is 1. The van der Waals surface area contributed by atoms with Crippen LogP contribution in [0.1, 0.15) is 42.5 Å². The van der Waals surface area contributed by atoms with E-state index in [0.717, 1.165) is 37.9 Å². The number of likely N-dealkylation sites (tertiary alicyclic amines) is 1. The van der Waals surface area contributed by atoms with Crippen LogP contribution in [0, 0.1) is 0 Å². The van der Waals surface area contributed by atoms with E-state index >= 15 is 0 Å². The van der Waals surface area contributed by atoms with Crippen molar-refractivity contribution in [1.82, 2.24) is 4.90 Å². The number of amides is 2. The Bertz CT molecular complexity index is 664. The van der Waals surface area contributed by atoms with Crippen molar-refractivity contribution in [2.45, 2.75) is 43.7 Å². The zero-order valence-corrected chi connectivity index (χ0v) is 15.0. The Hall–Kier alpha value is -2.14. The van der Waals surface area contributed by atoms with E-state index in [0.29, 0.717) is 5.56 Å². The molecule has 0 aromatic heterocycles. The number of nitrogens with zero attached hydrogens (tertiary/aromatic N) is 2. The van der Waals surface area contributed by atoms with Gasteiger partial charge in [-0.3, -0.25) is 9.59 Å². The minimum absolute atomic E-state index is 0.0235. The van der Waals surface area contributed by atoms with E-state index < -0.39 is 0 Å². The van der Waals surface area contributed by atoms with E-state index in [9.17, 15) is 9.59 Å². The van der Waals surface area contributed by atoms with Crippen LogP contribution in [0.2, 0.25) is 0 Å². The molecule has 2 amide bonds. The zero-order valence-electron chi connectivity index (χ0n) is 15.0. The van der Waals surface area contributed by atoms with Gasteiger partial charge in [-0.25, -0.2) is 0 Å². The van der Waals surface area contributed by atoms with Crippen LogP contribution >= 0.6 is 0 Å². The fraction of sp³-hybridized carbons (Fsp3) is 0.500. The predicted molar refractivity (Wildman–Crippen MR) is 97.7 cm³/mol. The maximum absolute atomic E-state index is 13.1. The van der Waals surface area contributed by atoms with Crippen LogP contribution in [0.15, 0.2) is 36.9 Å². The first-order valence-corrected chi connectivity index (χ1v) is 8.86. The number of likely N-dealkylation sites (N-methyl/N-ethyl adjacent to an activating group) is 1. The van der Waals surface area contributed by atoms with Crippen LogP contribution in [0.25, 0.3) is 0 Å². The second kappa shape index (κ2) is 7.00. The molecule has 1 spiro atoms. The molecule has 2 aliphatic rings. The van der Waals surface area contributed by atoms with Crippen LogP contribution in [0.5, 0.6) is 0 Å². The van der Waals surface area contributed by atoms with Crippen molar-refractivity contribution in [2.24, 2.45) is 0 Å². The van der Waals surface area contributed by atoms with Crippen molar-refractivity contribution in [2.75, 3.05) is 25.6 Å². The molecular formula is C20H26N2O3. The molecule has 2 fully saturated rings. The summed E-state index contributed by atoms with van der Waals surface area (Å²) in [6.45, 7) is 4.24. The van der Waals surface area contributed by atoms with E-state index in [4.69, 9.17) is 4.74 Å². The second-order valence-electron chi connectivity index (χ2n) is 7.03. The second-order valence-corrected chi connectivity index (χ2v) is 7.03. The lowest BCUT2D eigenvalue weighted by molar-refractivity contribution is -0.113. The predicted octanol–water partition coefficient (Wildman–Crippen LogP) is 3.01. The number of ether oxygens (including phenoxy) is 1. The summed E-state index contributed by atoms with van der Waals surface area (Å²) in [5.41, 5.74) is 1.40. The molecule has 1 saturated carbocycles. The number of methoxy groups -OCH3 is 1. The smallest absolute Gasteiger partial charge is 0.254 e. The largest absolute Gasteiger partial charge is 0.381 e. The molecule has 1 saturated heterocycles. The average Bonchev–Trinajstić information content (AvgIpc) is 2.64. The van der Waals surface area contributed by atoms with Gasteiger partial charge in [0.15, 0.2) is 0 Å². The highest BCUT2D eigenvalue weighted by Gasteiger charge is 2.48. The Morgan fingerprint density at radius 3 is 2.52 bits per heavy atom. The molecule has 1 heterocycles. The van der Waals surface area contributed by atoms with Gasteiger partial charge in [0.25, 0.3) is 5.91 Å². The highest BCUT2D eigenvalue weighted by Crippen LogP contribution is 2.45. The van der Waals surface area contributed by atoms with E-state index in [1.54, 1.807) is 26.3 Å². The molecule has 1 unspecified atom stereocenters. The molecule has 0 bridgehead atoms. The molecule has 1 aliphatic heterocycles. The molecule has 1 atom stereocenters. The molecule has 1 aliphatic carbocycles. The summed E-state index contributed by atoms with van der Waals surface area (Å²) in [6, 6.07) is 7.23. The first kappa shape index (κ1) is 17.7. The molecule has 5 heteroatoms. The third-order valence-corrected chi connectivity index (χ3v) is 5.72. The summed E-state index contributed by atoms with van der Waals surface area (Å²) in [4.78, 5) is 28.3. The quantitative estimate of drug-likeness (QED) is 0.791. The minimum atomic E-state index is -0.172. The zero-order chi connectivity index (χ0) is 18.0. The van der Waals surface area contributed by atoms with E-state index in [-0.39, 0.29) is 23.5 Å². The Kier molecular flexibility index (Phi) is 4.95. The summed E-state index contributed by atoms with van der Waals surface area (Å²) >= 11 is 0. The fourth-order valence-electron chi connectivity index (χ4n) is 3.97. The van der Waals surface area contributed by atoms with E-state index in [2.05, 4.69) is 11.5 Å². The third kappa shape index (κ3) is 3.21. The van der Waals surface area contributed by atoms with Crippen LogP contribution in [-0.2, 0) is 9.53 Å². The van der Waals surface area contributed by atoms with Gasteiger partial charge in [0.05, 0.1) is 6.10 Å². The number of carbonyl (C=O) groups excluding carboxylic acids is 2. The standard InChI is InChI=1S/C20H26N2O3/c1-4-18(23)21(2)16-8-6-15(7-9-16)19(24)22-13-10-17(25-3)14-20(22)11-5-12-20/h4,6-9,17H,1,5,10-14H2,2-3H3. The number of carbonyl (C=O) groups is 2. The van der Waals surface area contributed by atoms with E-state index in [1.807, 2.05) is 12.1 Å². The van der Waals surface area contributed by atoms with Gasteiger partial charge >= 0.3 is 0 Å². The molecule has 3 rings (SSSR count). The first-order valence-electron chi connectivity index (χ1n) is 8.86. The topological polar surface area (TPSA) is 49.9 Å². The van der Waals surface area contributed by atoms with Crippen molar-refractivity contribution in [3.63, 3.8) is 0 Å². The minimum Gasteiger partial charge on any atom is -0.381 e. The van der Waals surface area contributed by atoms with Crippen molar-refractivity contribution in [1.29, 1.82) is 0 Å². The lowest BCUT2D eigenvalue weighted by Crippen LogP contribution is -2.61. The van der Waals surface area contributed by atoms with Gasteiger partial charge < -0.3 is 14.5 Å². The summed E-state index contributed by atoms with van der Waals surface area (Å²) in [6.07, 6.45) is 6.65. The van der Waals surface area contributed by atoms with Gasteiger partial charge in [0.2, 0.25) is 5.91 Å². The molecule has 0 N–H and O–H groups in total. The third-order valence-electron chi connectivity index (χ3n) is 5.72. The Balaban J connectivity index is 1.76. The molecular weight excluding hydrogens is 316 g/mol.